The number of hydrogen-bond acceptors (Lipinski definition) is 0. The summed E-state index contributed by atoms with van der Waals surface area (Å²) in [5, 5.41) is 0. The summed E-state index contributed by atoms with van der Waals surface area (Å²) in [4.78, 5) is 0. The van der Waals surface area contributed by atoms with Crippen molar-refractivity contribution < 1.29 is 14.7 Å². The second-order valence-corrected chi connectivity index (χ2v) is 15.8. The third kappa shape index (κ3) is 11.4. The van der Waals surface area contributed by atoms with E-state index >= 15 is 0 Å². The molecule has 3 aromatic carbocycles. The first-order valence-corrected chi connectivity index (χ1v) is 17.0. The fraction of sp³-hybridized carbons (Fsp3) is 0.143. The van der Waals surface area contributed by atoms with E-state index < -0.39 is 14.7 Å². The van der Waals surface area contributed by atoms with Crippen LogP contribution in [0.15, 0.2) is 91.0 Å². The van der Waals surface area contributed by atoms with Gasteiger partial charge in [0.15, 0.2) is 0 Å². The van der Waals surface area contributed by atoms with Gasteiger partial charge in [-0.2, -0.15) is 18.2 Å². The van der Waals surface area contributed by atoms with Gasteiger partial charge in [0.05, 0.1) is 0 Å². The Hall–Kier alpha value is -0.326. The molecule has 0 saturated heterocycles. The van der Waals surface area contributed by atoms with Crippen LogP contribution in [-0.4, -0.2) is 19.5 Å². The van der Waals surface area contributed by atoms with E-state index in [1.165, 1.54) is 23.2 Å². The van der Waals surface area contributed by atoms with Gasteiger partial charge >= 0.3 is 42.6 Å². The van der Waals surface area contributed by atoms with Gasteiger partial charge in [0.25, 0.3) is 0 Å². The molecule has 0 aliphatic carbocycles. The van der Waals surface area contributed by atoms with Crippen LogP contribution in [-0.2, 0) is 14.7 Å². The van der Waals surface area contributed by atoms with Crippen LogP contribution < -0.4 is 0 Å². The average Bonchev–Trinajstić information content (AvgIpc) is 3.20. The fourth-order valence-electron chi connectivity index (χ4n) is 2.26. The molecule has 0 radical (unpaired) electrons. The van der Waals surface area contributed by atoms with Gasteiger partial charge in [0.1, 0.15) is 0 Å². The Morgan fingerprint density at radius 3 is 1.42 bits per heavy atom. The minimum Gasteiger partial charge on any atom is -0.214 e. The number of halogens is 3. The van der Waals surface area contributed by atoms with E-state index in [0.29, 0.717) is 0 Å². The molecule has 0 saturated carbocycles. The van der Waals surface area contributed by atoms with Gasteiger partial charge in [-0.3, -0.25) is 0 Å². The topological polar surface area (TPSA) is 0 Å². The Morgan fingerprint density at radius 1 is 0.769 bits per heavy atom. The summed E-state index contributed by atoms with van der Waals surface area (Å²) in [6.07, 6.45) is 1.18. The van der Waals surface area contributed by atoms with E-state index in [9.17, 15) is 0 Å². The van der Waals surface area contributed by atoms with Gasteiger partial charge in [-0.1, -0.05) is 36.4 Å². The van der Waals surface area contributed by atoms with Crippen LogP contribution in [0.3, 0.4) is 0 Å². The smallest absolute Gasteiger partial charge is 0.172 e. The van der Waals surface area contributed by atoms with Gasteiger partial charge < -0.3 is 0 Å². The van der Waals surface area contributed by atoms with Crippen molar-refractivity contribution in [3.63, 3.8) is 0 Å². The molecule has 0 aromatic heterocycles. The Balaban J connectivity index is 0.000000309. The van der Waals surface area contributed by atoms with E-state index in [2.05, 4.69) is 74.0 Å². The average molecular weight is 461 g/mol. The predicted molar refractivity (Wildman–Crippen MR) is 118 cm³/mol. The van der Waals surface area contributed by atoms with Crippen LogP contribution in [0, 0.1) is 5.92 Å². The van der Waals surface area contributed by atoms with Crippen molar-refractivity contribution >= 4 is 35.8 Å². The molecule has 0 N–H and O–H groups in total. The molecule has 0 aliphatic rings. The Kier molecular flexibility index (Phi) is 13.4. The first-order valence-electron chi connectivity index (χ1n) is 8.12. The fourth-order valence-corrected chi connectivity index (χ4v) is 3.26. The zero-order valence-electron chi connectivity index (χ0n) is 14.9. The van der Waals surface area contributed by atoms with E-state index in [4.69, 9.17) is 27.9 Å². The molecule has 3 aromatic rings. The Morgan fingerprint density at radius 2 is 1.15 bits per heavy atom. The molecule has 139 valence electrons. The summed E-state index contributed by atoms with van der Waals surface area (Å²) in [6, 6.07) is 31.5. The maximum Gasteiger partial charge on any atom is -0.172 e. The largest absolute Gasteiger partial charge is 0.214 e. The van der Waals surface area contributed by atoms with Gasteiger partial charge in [-0.05, 0) is 19.5 Å². The first-order chi connectivity index (χ1) is 12.5. The Bertz CT molecular complexity index is 599. The summed E-state index contributed by atoms with van der Waals surface area (Å²) in [5.41, 5.74) is 2.71. The zero-order valence-corrected chi connectivity index (χ0v) is 19.7. The molecule has 0 heterocycles. The third-order valence-electron chi connectivity index (χ3n) is 3.27. The van der Waals surface area contributed by atoms with Gasteiger partial charge in [0.2, 0.25) is 0 Å². The van der Waals surface area contributed by atoms with Crippen molar-refractivity contribution in [3.05, 3.63) is 108 Å². The zero-order chi connectivity index (χ0) is 19.2. The minimum absolute atomic E-state index is 0.0759. The van der Waals surface area contributed by atoms with E-state index in [1.54, 1.807) is 0 Å². The molecular formula is C21H23Cl3PTi-2. The second-order valence-electron chi connectivity index (χ2n) is 5.62. The molecule has 0 atom stereocenters. The van der Waals surface area contributed by atoms with Crippen LogP contribution in [0.1, 0.15) is 11.1 Å². The first kappa shape index (κ1) is 23.7. The predicted octanol–water partition coefficient (Wildman–Crippen LogP) is 7.87. The molecule has 5 heteroatoms. The SMILES string of the molecule is CP(C)C[C-](c1ccccc1)c1ccccc1.[Cl][Ti]([Cl])[Cl].c1cc[cH-]c1. The molecular weight excluding hydrogens is 437 g/mol. The van der Waals surface area contributed by atoms with Crippen molar-refractivity contribution in [1.29, 1.82) is 0 Å². The molecule has 3 rings (SSSR count). The van der Waals surface area contributed by atoms with Crippen LogP contribution >= 0.6 is 35.8 Å². The molecule has 0 fully saturated rings. The third-order valence-corrected chi connectivity index (χ3v) is 4.22. The van der Waals surface area contributed by atoms with Crippen molar-refractivity contribution in [2.24, 2.45) is 0 Å². The van der Waals surface area contributed by atoms with Crippen LogP contribution in [0.5, 0.6) is 0 Å². The summed E-state index contributed by atoms with van der Waals surface area (Å²) in [7, 11) is 15.0. The van der Waals surface area contributed by atoms with Crippen LogP contribution in [0.2, 0.25) is 0 Å². The number of benzene rings is 2. The van der Waals surface area contributed by atoms with E-state index in [-0.39, 0.29) is 7.92 Å². The molecule has 0 nitrogen and oxygen atoms in total. The molecule has 0 spiro atoms. The summed E-state index contributed by atoms with van der Waals surface area (Å²) < 4.78 is 0. The van der Waals surface area contributed by atoms with Crippen molar-refractivity contribution in [2.75, 3.05) is 19.5 Å². The van der Waals surface area contributed by atoms with Crippen molar-refractivity contribution in [1.82, 2.24) is 0 Å². The van der Waals surface area contributed by atoms with Gasteiger partial charge in [0, 0.05) is 0 Å². The van der Waals surface area contributed by atoms with Gasteiger partial charge in [-0.15, -0.1) is 49.2 Å². The monoisotopic (exact) mass is 459 g/mol. The quantitative estimate of drug-likeness (QED) is 0.211. The molecule has 0 amide bonds. The molecule has 26 heavy (non-hydrogen) atoms. The maximum atomic E-state index is 4.97. The standard InChI is InChI=1S/C16H18P.C5H5.3ClH.Ti/c1-17(2)13-16(14-9-5-3-6-10-14)15-11-7-4-8-12-15;1-2-4-5-3-1;;;;/h3-12H,13H2,1-2H3;1-5H;3*1H;/q2*-1;;;;+3/p-3. The Labute approximate surface area is 177 Å². The molecule has 0 unspecified atom stereocenters. The second kappa shape index (κ2) is 14.7. The van der Waals surface area contributed by atoms with Crippen LogP contribution in [0.4, 0.5) is 0 Å². The normalized spacial score (nSPS) is 9.46. The molecule has 0 aliphatic heterocycles. The van der Waals surface area contributed by atoms with Gasteiger partial charge in [-0.25, -0.2) is 12.1 Å². The maximum absolute atomic E-state index is 4.97. The van der Waals surface area contributed by atoms with Crippen molar-refractivity contribution in [2.45, 2.75) is 0 Å². The van der Waals surface area contributed by atoms with E-state index in [0.717, 1.165) is 0 Å². The summed E-state index contributed by atoms with van der Waals surface area (Å²) in [6.45, 7) is 4.67. The number of rotatable bonds is 4. The number of hydrogen-bond donors (Lipinski definition) is 0. The van der Waals surface area contributed by atoms with Crippen LogP contribution in [0.25, 0.3) is 0 Å². The summed E-state index contributed by atoms with van der Waals surface area (Å²) in [5.74, 6) is 1.47. The molecule has 0 bridgehead atoms. The summed E-state index contributed by atoms with van der Waals surface area (Å²) >= 11 is -1.92. The van der Waals surface area contributed by atoms with Crippen molar-refractivity contribution in [3.8, 4) is 0 Å². The van der Waals surface area contributed by atoms with E-state index in [1.807, 2.05) is 30.3 Å². The minimum atomic E-state index is -1.92.